The van der Waals surface area contributed by atoms with E-state index in [1.54, 1.807) is 13.3 Å². The molecule has 0 aliphatic carbocycles. The molecule has 0 aliphatic heterocycles. The van der Waals surface area contributed by atoms with Crippen LogP contribution in [0.25, 0.3) is 11.2 Å². The Labute approximate surface area is 111 Å². The monoisotopic (exact) mass is 262 g/mol. The van der Waals surface area contributed by atoms with Crippen LogP contribution in [-0.2, 0) is 22.6 Å². The molecule has 0 bridgehead atoms. The van der Waals surface area contributed by atoms with E-state index in [2.05, 4.69) is 15.3 Å². The molecule has 0 saturated heterocycles. The number of fused-ring (bicyclic) bond motifs is 1. The zero-order valence-electron chi connectivity index (χ0n) is 11.2. The summed E-state index contributed by atoms with van der Waals surface area (Å²) in [7, 11) is 1.66. The first-order valence-corrected chi connectivity index (χ1v) is 6.32. The molecule has 0 fully saturated rings. The van der Waals surface area contributed by atoms with Gasteiger partial charge in [-0.15, -0.1) is 0 Å². The molecule has 2 rings (SSSR count). The van der Waals surface area contributed by atoms with Crippen molar-refractivity contribution in [1.82, 2.24) is 19.9 Å². The van der Waals surface area contributed by atoms with E-state index in [0.29, 0.717) is 26.1 Å². The van der Waals surface area contributed by atoms with Gasteiger partial charge in [0.15, 0.2) is 5.65 Å². The molecule has 0 spiro atoms. The van der Waals surface area contributed by atoms with Gasteiger partial charge in [-0.25, -0.2) is 9.97 Å². The van der Waals surface area contributed by atoms with E-state index in [0.717, 1.165) is 17.0 Å². The Morgan fingerprint density at radius 2 is 2.37 bits per heavy atom. The van der Waals surface area contributed by atoms with Crippen molar-refractivity contribution in [3.8, 4) is 0 Å². The molecule has 102 valence electrons. The second-order valence-corrected chi connectivity index (χ2v) is 4.15. The molecule has 0 saturated carbocycles. The number of carbonyl (C=O) groups is 1. The fourth-order valence-corrected chi connectivity index (χ4v) is 1.86. The Balaban J connectivity index is 2.27. The third-order valence-corrected chi connectivity index (χ3v) is 2.87. The van der Waals surface area contributed by atoms with Crippen molar-refractivity contribution in [2.24, 2.45) is 0 Å². The molecule has 0 aliphatic rings. The normalized spacial score (nSPS) is 10.8. The van der Waals surface area contributed by atoms with E-state index in [-0.39, 0.29) is 5.91 Å². The van der Waals surface area contributed by atoms with Crippen LogP contribution in [-0.4, -0.2) is 34.2 Å². The molecule has 2 heterocycles. The Morgan fingerprint density at radius 1 is 1.53 bits per heavy atom. The smallest absolute Gasteiger partial charge is 0.220 e. The number of methoxy groups -OCH3 is 1. The van der Waals surface area contributed by atoms with Crippen molar-refractivity contribution in [3.63, 3.8) is 0 Å². The molecule has 0 radical (unpaired) electrons. The van der Waals surface area contributed by atoms with Gasteiger partial charge in [-0.1, -0.05) is 6.92 Å². The van der Waals surface area contributed by atoms with Crippen molar-refractivity contribution >= 4 is 17.1 Å². The zero-order valence-corrected chi connectivity index (χ0v) is 11.2. The number of rotatable bonds is 6. The molecular formula is C13H18N4O2. The number of nitrogens with zero attached hydrogens (tertiary/aromatic N) is 3. The second-order valence-electron chi connectivity index (χ2n) is 4.15. The lowest BCUT2D eigenvalue weighted by molar-refractivity contribution is -0.120. The number of nitrogens with one attached hydrogen (secondary N) is 1. The van der Waals surface area contributed by atoms with E-state index in [1.807, 2.05) is 23.6 Å². The number of carbonyl (C=O) groups excluding carboxylic acids is 1. The lowest BCUT2D eigenvalue weighted by Crippen LogP contribution is -2.24. The molecule has 2 aromatic rings. The van der Waals surface area contributed by atoms with Crippen LogP contribution in [0.3, 0.4) is 0 Å². The Bertz CT molecular complexity index is 565. The molecule has 0 aromatic carbocycles. The van der Waals surface area contributed by atoms with E-state index in [9.17, 15) is 4.79 Å². The molecule has 2 aromatic heterocycles. The molecule has 1 N–H and O–H groups in total. The minimum atomic E-state index is 0.0123. The molecule has 0 atom stereocenters. The minimum Gasteiger partial charge on any atom is -0.383 e. The fourth-order valence-electron chi connectivity index (χ4n) is 1.86. The second kappa shape index (κ2) is 6.29. The quantitative estimate of drug-likeness (QED) is 0.846. The Morgan fingerprint density at radius 3 is 3.11 bits per heavy atom. The first kappa shape index (κ1) is 13.5. The van der Waals surface area contributed by atoms with Crippen LogP contribution in [0.1, 0.15) is 19.2 Å². The van der Waals surface area contributed by atoms with Gasteiger partial charge in [-0.3, -0.25) is 4.79 Å². The van der Waals surface area contributed by atoms with Crippen LogP contribution >= 0.6 is 0 Å². The maximum absolute atomic E-state index is 11.3. The summed E-state index contributed by atoms with van der Waals surface area (Å²) in [5, 5.41) is 2.84. The average molecular weight is 262 g/mol. The maximum Gasteiger partial charge on any atom is 0.220 e. The molecular weight excluding hydrogens is 244 g/mol. The summed E-state index contributed by atoms with van der Waals surface area (Å²) in [4.78, 5) is 20.2. The van der Waals surface area contributed by atoms with Crippen molar-refractivity contribution in [2.75, 3.05) is 13.7 Å². The third-order valence-electron chi connectivity index (χ3n) is 2.87. The molecule has 6 nitrogen and oxygen atoms in total. The van der Waals surface area contributed by atoms with Crippen LogP contribution in [0.5, 0.6) is 0 Å². The van der Waals surface area contributed by atoms with Gasteiger partial charge in [0.25, 0.3) is 0 Å². The standard InChI is InChI=1S/C13H18N4O2/c1-3-12(18)15-9-11-16-10-5-4-6-14-13(10)17(11)7-8-19-2/h4-6H,3,7-9H2,1-2H3,(H,15,18). The van der Waals surface area contributed by atoms with Crippen LogP contribution in [0.15, 0.2) is 18.3 Å². The number of hydrogen-bond acceptors (Lipinski definition) is 4. The molecule has 0 unspecified atom stereocenters. The van der Waals surface area contributed by atoms with Crippen LogP contribution in [0.4, 0.5) is 0 Å². The summed E-state index contributed by atoms with van der Waals surface area (Å²) < 4.78 is 7.08. The van der Waals surface area contributed by atoms with Crippen molar-refractivity contribution in [2.45, 2.75) is 26.4 Å². The largest absolute Gasteiger partial charge is 0.383 e. The minimum absolute atomic E-state index is 0.0123. The highest BCUT2D eigenvalue weighted by Gasteiger charge is 2.11. The summed E-state index contributed by atoms with van der Waals surface area (Å²) in [6.07, 6.45) is 2.21. The van der Waals surface area contributed by atoms with Crippen molar-refractivity contribution in [1.29, 1.82) is 0 Å². The van der Waals surface area contributed by atoms with Crippen LogP contribution in [0.2, 0.25) is 0 Å². The molecule has 6 heteroatoms. The Hall–Kier alpha value is -1.95. The number of amides is 1. The van der Waals surface area contributed by atoms with E-state index in [1.165, 1.54) is 0 Å². The van der Waals surface area contributed by atoms with E-state index < -0.39 is 0 Å². The van der Waals surface area contributed by atoms with Crippen LogP contribution in [0, 0.1) is 0 Å². The first-order valence-electron chi connectivity index (χ1n) is 6.32. The van der Waals surface area contributed by atoms with E-state index >= 15 is 0 Å². The summed E-state index contributed by atoms with van der Waals surface area (Å²) in [5.41, 5.74) is 1.65. The number of imidazole rings is 1. The number of pyridine rings is 1. The fraction of sp³-hybridized carbons (Fsp3) is 0.462. The van der Waals surface area contributed by atoms with Gasteiger partial charge in [0, 0.05) is 26.3 Å². The summed E-state index contributed by atoms with van der Waals surface area (Å²) in [5.74, 6) is 0.811. The van der Waals surface area contributed by atoms with Gasteiger partial charge in [0.05, 0.1) is 13.2 Å². The highest BCUT2D eigenvalue weighted by atomic mass is 16.5. The molecule has 19 heavy (non-hydrogen) atoms. The van der Waals surface area contributed by atoms with Gasteiger partial charge < -0.3 is 14.6 Å². The van der Waals surface area contributed by atoms with Crippen molar-refractivity contribution in [3.05, 3.63) is 24.2 Å². The Kier molecular flexibility index (Phi) is 4.46. The first-order chi connectivity index (χ1) is 9.26. The van der Waals surface area contributed by atoms with E-state index in [4.69, 9.17) is 4.74 Å². The van der Waals surface area contributed by atoms with Crippen molar-refractivity contribution < 1.29 is 9.53 Å². The van der Waals surface area contributed by atoms with Gasteiger partial charge in [-0.05, 0) is 12.1 Å². The summed E-state index contributed by atoms with van der Waals surface area (Å²) in [6, 6.07) is 3.77. The van der Waals surface area contributed by atoms with Gasteiger partial charge >= 0.3 is 0 Å². The highest BCUT2D eigenvalue weighted by molar-refractivity contribution is 5.75. The molecule has 1 amide bonds. The topological polar surface area (TPSA) is 69.0 Å². The van der Waals surface area contributed by atoms with Crippen LogP contribution < -0.4 is 5.32 Å². The predicted molar refractivity (Wildman–Crippen MR) is 71.5 cm³/mol. The average Bonchev–Trinajstić information content (AvgIpc) is 2.80. The SMILES string of the molecule is CCC(=O)NCc1nc2cccnc2n1CCOC. The van der Waals surface area contributed by atoms with Gasteiger partial charge in [-0.2, -0.15) is 0 Å². The summed E-state index contributed by atoms with van der Waals surface area (Å²) >= 11 is 0. The maximum atomic E-state index is 11.3. The number of ether oxygens (including phenoxy) is 1. The van der Waals surface area contributed by atoms with Gasteiger partial charge in [0.2, 0.25) is 5.91 Å². The zero-order chi connectivity index (χ0) is 13.7. The highest BCUT2D eigenvalue weighted by Crippen LogP contribution is 2.13. The van der Waals surface area contributed by atoms with Gasteiger partial charge in [0.1, 0.15) is 11.3 Å². The third kappa shape index (κ3) is 3.08. The summed E-state index contributed by atoms with van der Waals surface area (Å²) in [6.45, 7) is 3.48. The number of hydrogen-bond donors (Lipinski definition) is 1. The predicted octanol–water partition coefficient (Wildman–Crippen LogP) is 1.10. The lowest BCUT2D eigenvalue weighted by atomic mass is 10.4. The lowest BCUT2D eigenvalue weighted by Gasteiger charge is -2.08. The number of aromatic nitrogens is 3.